The van der Waals surface area contributed by atoms with Crippen molar-refractivity contribution in [1.29, 1.82) is 0 Å². The molecule has 0 saturated carbocycles. The Morgan fingerprint density at radius 3 is 2.63 bits per heavy atom. The number of imidazole rings is 1. The molecule has 0 atom stereocenters. The van der Waals surface area contributed by atoms with Crippen LogP contribution in [0.15, 0.2) is 12.1 Å². The number of aromatic amines is 1. The SMILES string of the molecule is CN(C)c1ccc2[nH]c(COCC(F)(F)F)nc2n1. The summed E-state index contributed by atoms with van der Waals surface area (Å²) in [6.07, 6.45) is -4.33. The molecule has 2 heterocycles. The van der Waals surface area contributed by atoms with Crippen LogP contribution in [0.5, 0.6) is 0 Å². The van der Waals surface area contributed by atoms with E-state index in [1.54, 1.807) is 12.1 Å². The highest BCUT2D eigenvalue weighted by Crippen LogP contribution is 2.17. The summed E-state index contributed by atoms with van der Waals surface area (Å²) in [5.41, 5.74) is 1.12. The summed E-state index contributed by atoms with van der Waals surface area (Å²) in [4.78, 5) is 13.0. The van der Waals surface area contributed by atoms with Crippen LogP contribution >= 0.6 is 0 Å². The number of hydrogen-bond donors (Lipinski definition) is 1. The number of H-pyrrole nitrogens is 1. The van der Waals surface area contributed by atoms with Gasteiger partial charge in [-0.05, 0) is 12.1 Å². The summed E-state index contributed by atoms with van der Waals surface area (Å²) in [6.45, 7) is -1.52. The lowest BCUT2D eigenvalue weighted by Crippen LogP contribution is -2.16. The lowest BCUT2D eigenvalue weighted by molar-refractivity contribution is -0.177. The number of nitrogens with zero attached hydrogens (tertiary/aromatic N) is 3. The molecule has 2 aromatic heterocycles. The van der Waals surface area contributed by atoms with Crippen molar-refractivity contribution in [2.75, 3.05) is 25.6 Å². The molecule has 0 fully saturated rings. The van der Waals surface area contributed by atoms with Gasteiger partial charge in [0.2, 0.25) is 0 Å². The van der Waals surface area contributed by atoms with Crippen LogP contribution < -0.4 is 4.90 Å². The zero-order valence-corrected chi connectivity index (χ0v) is 10.5. The van der Waals surface area contributed by atoms with E-state index >= 15 is 0 Å². The standard InChI is InChI=1S/C11H13F3N4O/c1-18(2)9-4-3-7-10(17-9)16-8(15-7)5-19-6-11(12,13)14/h3-4H,5-6H2,1-2H3,(H,15,16,17). The predicted octanol–water partition coefficient (Wildman–Crippen LogP) is 2.10. The van der Waals surface area contributed by atoms with E-state index in [2.05, 4.69) is 19.7 Å². The third-order valence-electron chi connectivity index (χ3n) is 2.34. The molecule has 19 heavy (non-hydrogen) atoms. The lowest BCUT2D eigenvalue weighted by atomic mass is 10.4. The number of ether oxygens (including phenoxy) is 1. The fourth-order valence-corrected chi connectivity index (χ4v) is 1.51. The Hall–Kier alpha value is -1.83. The normalized spacial score (nSPS) is 12.1. The Morgan fingerprint density at radius 1 is 1.26 bits per heavy atom. The molecule has 2 rings (SSSR count). The van der Waals surface area contributed by atoms with Crippen molar-refractivity contribution in [3.63, 3.8) is 0 Å². The summed E-state index contributed by atoms with van der Waals surface area (Å²) >= 11 is 0. The molecule has 0 aliphatic rings. The fourth-order valence-electron chi connectivity index (χ4n) is 1.51. The molecule has 8 heteroatoms. The predicted molar refractivity (Wildman–Crippen MR) is 63.9 cm³/mol. The third-order valence-corrected chi connectivity index (χ3v) is 2.34. The second-order valence-electron chi connectivity index (χ2n) is 4.23. The van der Waals surface area contributed by atoms with Gasteiger partial charge in [-0.2, -0.15) is 13.2 Å². The van der Waals surface area contributed by atoms with Gasteiger partial charge in [-0.25, -0.2) is 9.97 Å². The summed E-state index contributed by atoms with van der Waals surface area (Å²) in [5, 5.41) is 0. The smallest absolute Gasteiger partial charge is 0.364 e. The van der Waals surface area contributed by atoms with Crippen molar-refractivity contribution in [2.24, 2.45) is 0 Å². The van der Waals surface area contributed by atoms with Crippen LogP contribution in [0, 0.1) is 0 Å². The number of hydrogen-bond acceptors (Lipinski definition) is 4. The zero-order chi connectivity index (χ0) is 14.0. The Balaban J connectivity index is 2.09. The van der Waals surface area contributed by atoms with Crippen molar-refractivity contribution in [2.45, 2.75) is 12.8 Å². The van der Waals surface area contributed by atoms with Crippen LogP contribution in [0.1, 0.15) is 5.82 Å². The molecule has 0 saturated heterocycles. The molecule has 104 valence electrons. The Kier molecular flexibility index (Phi) is 3.61. The number of aromatic nitrogens is 3. The Bertz CT molecular complexity index is 565. The van der Waals surface area contributed by atoms with Gasteiger partial charge in [-0.15, -0.1) is 0 Å². The van der Waals surface area contributed by atoms with Crippen LogP contribution in [0.3, 0.4) is 0 Å². The number of fused-ring (bicyclic) bond motifs is 1. The largest absolute Gasteiger partial charge is 0.411 e. The van der Waals surface area contributed by atoms with Gasteiger partial charge in [-0.3, -0.25) is 0 Å². The van der Waals surface area contributed by atoms with Gasteiger partial charge in [0.25, 0.3) is 0 Å². The first-order chi connectivity index (χ1) is 8.85. The number of nitrogens with one attached hydrogen (secondary N) is 1. The minimum Gasteiger partial charge on any atom is -0.364 e. The zero-order valence-electron chi connectivity index (χ0n) is 10.5. The van der Waals surface area contributed by atoms with E-state index in [9.17, 15) is 13.2 Å². The molecule has 5 nitrogen and oxygen atoms in total. The van der Waals surface area contributed by atoms with Crippen LogP contribution in [-0.4, -0.2) is 41.8 Å². The number of rotatable bonds is 4. The maximum Gasteiger partial charge on any atom is 0.411 e. The Labute approximate surface area is 107 Å². The monoisotopic (exact) mass is 274 g/mol. The highest BCUT2D eigenvalue weighted by atomic mass is 19.4. The van der Waals surface area contributed by atoms with Crippen LogP contribution in [0.25, 0.3) is 11.2 Å². The molecular formula is C11H13F3N4O. The average Bonchev–Trinajstić information content (AvgIpc) is 2.68. The van der Waals surface area contributed by atoms with Crippen molar-refractivity contribution in [3.05, 3.63) is 18.0 Å². The summed E-state index contributed by atoms with van der Waals surface area (Å²) < 4.78 is 40.3. The molecule has 0 radical (unpaired) electrons. The van der Waals surface area contributed by atoms with E-state index in [1.807, 2.05) is 19.0 Å². The van der Waals surface area contributed by atoms with Crippen LogP contribution in [-0.2, 0) is 11.3 Å². The van der Waals surface area contributed by atoms with Crippen molar-refractivity contribution < 1.29 is 17.9 Å². The number of alkyl halides is 3. The molecule has 0 aromatic carbocycles. The first kappa shape index (κ1) is 13.6. The maximum atomic E-state index is 11.9. The van der Waals surface area contributed by atoms with E-state index in [0.717, 1.165) is 5.82 Å². The Morgan fingerprint density at radius 2 is 2.00 bits per heavy atom. The number of halogens is 3. The van der Waals surface area contributed by atoms with Gasteiger partial charge >= 0.3 is 6.18 Å². The first-order valence-electron chi connectivity index (χ1n) is 5.52. The molecule has 2 aromatic rings. The summed E-state index contributed by atoms with van der Waals surface area (Å²) in [6, 6.07) is 3.57. The van der Waals surface area contributed by atoms with Gasteiger partial charge in [0, 0.05) is 14.1 Å². The highest BCUT2D eigenvalue weighted by molar-refractivity contribution is 5.72. The summed E-state index contributed by atoms with van der Waals surface area (Å²) in [7, 11) is 3.68. The maximum absolute atomic E-state index is 11.9. The topological polar surface area (TPSA) is 54.0 Å². The average molecular weight is 274 g/mol. The van der Waals surface area contributed by atoms with Gasteiger partial charge in [0.15, 0.2) is 5.65 Å². The van der Waals surface area contributed by atoms with E-state index in [0.29, 0.717) is 17.0 Å². The van der Waals surface area contributed by atoms with E-state index in [1.165, 1.54) is 0 Å². The van der Waals surface area contributed by atoms with Gasteiger partial charge in [0.1, 0.15) is 24.9 Å². The summed E-state index contributed by atoms with van der Waals surface area (Å²) in [5.74, 6) is 1.05. The van der Waals surface area contributed by atoms with Gasteiger partial charge < -0.3 is 14.6 Å². The van der Waals surface area contributed by atoms with Crippen molar-refractivity contribution in [1.82, 2.24) is 15.0 Å². The second kappa shape index (κ2) is 5.04. The lowest BCUT2D eigenvalue weighted by Gasteiger charge is -2.09. The molecule has 0 bridgehead atoms. The van der Waals surface area contributed by atoms with Crippen molar-refractivity contribution >= 4 is 17.0 Å². The minimum absolute atomic E-state index is 0.229. The van der Waals surface area contributed by atoms with Gasteiger partial charge in [0.05, 0.1) is 5.52 Å². The number of anilines is 1. The van der Waals surface area contributed by atoms with E-state index < -0.39 is 12.8 Å². The first-order valence-corrected chi connectivity index (χ1v) is 5.52. The van der Waals surface area contributed by atoms with Crippen LogP contribution in [0.4, 0.5) is 19.0 Å². The molecular weight excluding hydrogens is 261 g/mol. The fraction of sp³-hybridized carbons (Fsp3) is 0.455. The third kappa shape index (κ3) is 3.57. The molecule has 0 unspecified atom stereocenters. The molecule has 0 aliphatic carbocycles. The highest BCUT2D eigenvalue weighted by Gasteiger charge is 2.27. The molecule has 1 N–H and O–H groups in total. The minimum atomic E-state index is -4.33. The van der Waals surface area contributed by atoms with Gasteiger partial charge in [-0.1, -0.05) is 0 Å². The van der Waals surface area contributed by atoms with Crippen LogP contribution in [0.2, 0.25) is 0 Å². The number of pyridine rings is 1. The van der Waals surface area contributed by atoms with Crippen molar-refractivity contribution in [3.8, 4) is 0 Å². The molecule has 0 aliphatic heterocycles. The van der Waals surface area contributed by atoms with E-state index in [-0.39, 0.29) is 6.61 Å². The molecule has 0 amide bonds. The second-order valence-corrected chi connectivity index (χ2v) is 4.23. The van der Waals surface area contributed by atoms with E-state index in [4.69, 9.17) is 0 Å². The quantitative estimate of drug-likeness (QED) is 0.927. The molecule has 0 spiro atoms.